The Kier molecular flexibility index (Phi) is 3.35. The number of nitrogens with one attached hydrogen (secondary N) is 1. The Morgan fingerprint density at radius 3 is 3.16 bits per heavy atom. The molecular weight excluding hydrogens is 282 g/mol. The Morgan fingerprint density at radius 1 is 1.42 bits per heavy atom. The zero-order chi connectivity index (χ0) is 13.2. The number of rotatable bonds is 4. The number of halogens is 1. The second-order valence-electron chi connectivity index (χ2n) is 4.02. The molecule has 0 aliphatic heterocycles. The molecular formula is C12H12ClN5S. The summed E-state index contributed by atoms with van der Waals surface area (Å²) < 4.78 is 3.07. The Hall–Kier alpha value is -1.66. The van der Waals surface area contributed by atoms with Crippen molar-refractivity contribution < 1.29 is 0 Å². The predicted octanol–water partition coefficient (Wildman–Crippen LogP) is 3.17. The maximum Gasteiger partial charge on any atom is 0.184 e. The van der Waals surface area contributed by atoms with Gasteiger partial charge in [-0.1, -0.05) is 22.9 Å². The van der Waals surface area contributed by atoms with Crippen molar-refractivity contribution >= 4 is 38.3 Å². The van der Waals surface area contributed by atoms with E-state index in [9.17, 15) is 0 Å². The van der Waals surface area contributed by atoms with Crippen molar-refractivity contribution in [2.75, 3.05) is 5.32 Å². The average Bonchev–Trinajstić information content (AvgIpc) is 3.01. The molecule has 0 fully saturated rings. The highest BCUT2D eigenvalue weighted by Gasteiger charge is 2.06. The van der Waals surface area contributed by atoms with Crippen molar-refractivity contribution in [1.29, 1.82) is 0 Å². The summed E-state index contributed by atoms with van der Waals surface area (Å²) in [7, 11) is 0. The third kappa shape index (κ3) is 2.54. The lowest BCUT2D eigenvalue weighted by Gasteiger charge is -2.03. The molecule has 0 aliphatic carbocycles. The Labute approximate surface area is 119 Å². The normalized spacial score (nSPS) is 11.1. The van der Waals surface area contributed by atoms with E-state index in [4.69, 9.17) is 11.6 Å². The number of benzene rings is 1. The SMILES string of the molecule is CCn1cnnc1CNc1nc2ccc(Cl)cc2s1. The van der Waals surface area contributed by atoms with Gasteiger partial charge in [0.25, 0.3) is 0 Å². The molecule has 0 bridgehead atoms. The summed E-state index contributed by atoms with van der Waals surface area (Å²) in [5, 5.41) is 12.8. The van der Waals surface area contributed by atoms with Gasteiger partial charge in [0.15, 0.2) is 11.0 Å². The Bertz CT molecular complexity index is 705. The predicted molar refractivity (Wildman–Crippen MR) is 77.7 cm³/mol. The third-order valence-corrected chi connectivity index (χ3v) is 4.00. The van der Waals surface area contributed by atoms with Crippen LogP contribution in [-0.2, 0) is 13.1 Å². The fourth-order valence-corrected chi connectivity index (χ4v) is 2.95. The van der Waals surface area contributed by atoms with E-state index >= 15 is 0 Å². The van der Waals surface area contributed by atoms with Gasteiger partial charge in [-0.2, -0.15) is 0 Å². The maximum atomic E-state index is 5.96. The molecule has 1 aromatic carbocycles. The van der Waals surface area contributed by atoms with E-state index < -0.39 is 0 Å². The van der Waals surface area contributed by atoms with Gasteiger partial charge >= 0.3 is 0 Å². The van der Waals surface area contributed by atoms with Crippen LogP contribution in [0.2, 0.25) is 5.02 Å². The van der Waals surface area contributed by atoms with Crippen molar-refractivity contribution in [3.05, 3.63) is 35.4 Å². The maximum absolute atomic E-state index is 5.96. The molecule has 7 heteroatoms. The monoisotopic (exact) mass is 293 g/mol. The van der Waals surface area contributed by atoms with Crippen LogP contribution < -0.4 is 5.32 Å². The van der Waals surface area contributed by atoms with Crippen molar-refractivity contribution in [1.82, 2.24) is 19.7 Å². The number of thiazole rings is 1. The van der Waals surface area contributed by atoms with Crippen LogP contribution in [0.5, 0.6) is 0 Å². The van der Waals surface area contributed by atoms with Gasteiger partial charge in [-0.05, 0) is 25.1 Å². The summed E-state index contributed by atoms with van der Waals surface area (Å²) in [5.41, 5.74) is 0.953. The first kappa shape index (κ1) is 12.4. The van der Waals surface area contributed by atoms with E-state index in [1.54, 1.807) is 17.7 Å². The van der Waals surface area contributed by atoms with E-state index in [-0.39, 0.29) is 0 Å². The number of anilines is 1. The molecule has 3 rings (SSSR count). The Balaban J connectivity index is 1.78. The molecule has 19 heavy (non-hydrogen) atoms. The van der Waals surface area contributed by atoms with Crippen LogP contribution in [0.15, 0.2) is 24.5 Å². The lowest BCUT2D eigenvalue weighted by atomic mass is 10.3. The summed E-state index contributed by atoms with van der Waals surface area (Å²) in [6.07, 6.45) is 1.73. The van der Waals surface area contributed by atoms with Crippen LogP contribution >= 0.6 is 22.9 Å². The van der Waals surface area contributed by atoms with Crippen LogP contribution in [0.4, 0.5) is 5.13 Å². The quantitative estimate of drug-likeness (QED) is 0.803. The van der Waals surface area contributed by atoms with Crippen molar-refractivity contribution in [3.63, 3.8) is 0 Å². The number of nitrogens with zero attached hydrogens (tertiary/aromatic N) is 4. The highest BCUT2D eigenvalue weighted by molar-refractivity contribution is 7.22. The molecule has 0 aliphatic rings. The largest absolute Gasteiger partial charge is 0.354 e. The molecule has 2 aromatic heterocycles. The van der Waals surface area contributed by atoms with Crippen LogP contribution in [0.25, 0.3) is 10.2 Å². The zero-order valence-corrected chi connectivity index (χ0v) is 11.9. The second kappa shape index (κ2) is 5.14. The molecule has 0 saturated heterocycles. The molecule has 0 saturated carbocycles. The van der Waals surface area contributed by atoms with E-state index in [1.807, 2.05) is 22.8 Å². The smallest absolute Gasteiger partial charge is 0.184 e. The summed E-state index contributed by atoms with van der Waals surface area (Å²) >= 11 is 7.55. The van der Waals surface area contributed by atoms with Gasteiger partial charge in [-0.15, -0.1) is 10.2 Å². The second-order valence-corrected chi connectivity index (χ2v) is 5.48. The minimum atomic E-state index is 0.612. The highest BCUT2D eigenvalue weighted by atomic mass is 35.5. The van der Waals surface area contributed by atoms with Gasteiger partial charge in [0, 0.05) is 11.6 Å². The summed E-state index contributed by atoms with van der Waals surface area (Å²) in [4.78, 5) is 4.50. The molecule has 0 unspecified atom stereocenters. The topological polar surface area (TPSA) is 55.6 Å². The summed E-state index contributed by atoms with van der Waals surface area (Å²) in [6.45, 7) is 3.54. The molecule has 0 spiro atoms. The third-order valence-electron chi connectivity index (χ3n) is 2.78. The zero-order valence-electron chi connectivity index (χ0n) is 10.3. The molecule has 0 amide bonds. The Morgan fingerprint density at radius 2 is 2.32 bits per heavy atom. The van der Waals surface area contributed by atoms with Gasteiger partial charge in [0.1, 0.15) is 6.33 Å². The van der Waals surface area contributed by atoms with Crippen molar-refractivity contribution in [3.8, 4) is 0 Å². The average molecular weight is 294 g/mol. The number of hydrogen-bond donors (Lipinski definition) is 1. The van der Waals surface area contributed by atoms with E-state index in [0.717, 1.165) is 32.7 Å². The first-order chi connectivity index (χ1) is 9.26. The molecule has 5 nitrogen and oxygen atoms in total. The molecule has 0 atom stereocenters. The molecule has 1 N–H and O–H groups in total. The standard InChI is InChI=1S/C12H12ClN5S/c1-2-18-7-15-17-11(18)6-14-12-16-9-4-3-8(13)5-10(9)19-12/h3-5,7H,2,6H2,1H3,(H,14,16). The van der Waals surface area contributed by atoms with E-state index in [0.29, 0.717) is 6.54 Å². The number of aromatic nitrogens is 4. The summed E-state index contributed by atoms with van der Waals surface area (Å²) in [5.74, 6) is 0.903. The first-order valence-corrected chi connectivity index (χ1v) is 7.12. The van der Waals surface area contributed by atoms with Gasteiger partial charge in [-0.25, -0.2) is 4.98 Å². The minimum Gasteiger partial charge on any atom is -0.354 e. The molecule has 98 valence electrons. The van der Waals surface area contributed by atoms with Gasteiger partial charge in [0.2, 0.25) is 0 Å². The minimum absolute atomic E-state index is 0.612. The van der Waals surface area contributed by atoms with Crippen LogP contribution in [-0.4, -0.2) is 19.7 Å². The molecule has 2 heterocycles. The van der Waals surface area contributed by atoms with Crippen molar-refractivity contribution in [2.45, 2.75) is 20.0 Å². The number of aryl methyl sites for hydroxylation is 1. The summed E-state index contributed by atoms with van der Waals surface area (Å²) in [6, 6.07) is 5.70. The van der Waals surface area contributed by atoms with Gasteiger partial charge in [0.05, 0.1) is 16.8 Å². The molecule has 0 radical (unpaired) electrons. The fourth-order valence-electron chi connectivity index (χ4n) is 1.81. The van der Waals surface area contributed by atoms with Crippen molar-refractivity contribution in [2.24, 2.45) is 0 Å². The molecule has 3 aromatic rings. The number of hydrogen-bond acceptors (Lipinski definition) is 5. The van der Waals surface area contributed by atoms with Gasteiger partial charge < -0.3 is 9.88 Å². The highest BCUT2D eigenvalue weighted by Crippen LogP contribution is 2.28. The van der Waals surface area contributed by atoms with E-state index in [2.05, 4.69) is 27.4 Å². The van der Waals surface area contributed by atoms with Gasteiger partial charge in [-0.3, -0.25) is 0 Å². The lowest BCUT2D eigenvalue weighted by molar-refractivity contribution is 0.708. The van der Waals surface area contributed by atoms with E-state index in [1.165, 1.54) is 0 Å². The first-order valence-electron chi connectivity index (χ1n) is 5.93. The van der Waals surface area contributed by atoms with Crippen LogP contribution in [0, 0.1) is 0 Å². The number of fused-ring (bicyclic) bond motifs is 1. The van der Waals surface area contributed by atoms with Crippen LogP contribution in [0.3, 0.4) is 0 Å². The van der Waals surface area contributed by atoms with Crippen LogP contribution in [0.1, 0.15) is 12.7 Å². The lowest BCUT2D eigenvalue weighted by Crippen LogP contribution is -2.07. The fraction of sp³-hybridized carbons (Fsp3) is 0.250.